The monoisotopic (exact) mass is 437 g/mol. The number of carbonyl (C=O) groups excluding carboxylic acids is 2. The zero-order valence-electron chi connectivity index (χ0n) is 17.3. The number of aliphatic hydroxyl groups excluding tert-OH is 1. The number of fused-ring (bicyclic) bond motifs is 1. The van der Waals surface area contributed by atoms with E-state index in [1.54, 1.807) is 36.4 Å². The highest BCUT2D eigenvalue weighted by Crippen LogP contribution is 2.45. The number of amides is 1. The minimum absolute atomic E-state index is 0.0546. The summed E-state index contributed by atoms with van der Waals surface area (Å²) in [6.45, 7) is 0. The molecule has 3 N–H and O–H groups in total. The van der Waals surface area contributed by atoms with Crippen molar-refractivity contribution in [2.75, 3.05) is 4.90 Å². The molecule has 1 saturated heterocycles. The van der Waals surface area contributed by atoms with Gasteiger partial charge in [-0.3, -0.25) is 14.5 Å². The van der Waals surface area contributed by atoms with Crippen molar-refractivity contribution < 1.29 is 24.9 Å². The first-order chi connectivity index (χ1) is 16.0. The summed E-state index contributed by atoms with van der Waals surface area (Å²) < 4.78 is 0. The number of nitrogens with zero attached hydrogens (tertiary/aromatic N) is 1. The molecule has 6 heteroatoms. The van der Waals surface area contributed by atoms with Gasteiger partial charge in [0.25, 0.3) is 11.7 Å². The summed E-state index contributed by atoms with van der Waals surface area (Å²) in [5.74, 6) is -2.33. The van der Waals surface area contributed by atoms with Crippen molar-refractivity contribution >= 4 is 33.9 Å². The molecule has 0 aromatic heterocycles. The summed E-state index contributed by atoms with van der Waals surface area (Å²) in [5, 5.41) is 33.6. The Balaban J connectivity index is 1.76. The van der Waals surface area contributed by atoms with Gasteiger partial charge in [-0.2, -0.15) is 0 Å². The van der Waals surface area contributed by atoms with E-state index < -0.39 is 17.7 Å². The standard InChI is InChI=1S/C27H19NO5/c29-20-9-5-8-18(15-20)24-23(25(31)19-13-12-16-6-1-2-7-17(16)14-19)26(32)27(33)28(24)21-10-3-4-11-22(21)30/h1-15,24,29-31H/b25-23-. The van der Waals surface area contributed by atoms with Crippen molar-refractivity contribution in [3.63, 3.8) is 0 Å². The summed E-state index contributed by atoms with van der Waals surface area (Å²) in [6.07, 6.45) is 0. The van der Waals surface area contributed by atoms with E-state index in [9.17, 15) is 24.9 Å². The number of hydrogen-bond donors (Lipinski definition) is 3. The zero-order chi connectivity index (χ0) is 23.1. The number of carbonyl (C=O) groups is 2. The van der Waals surface area contributed by atoms with Crippen LogP contribution in [0.25, 0.3) is 16.5 Å². The molecule has 0 saturated carbocycles. The average Bonchev–Trinajstić information content (AvgIpc) is 3.09. The summed E-state index contributed by atoms with van der Waals surface area (Å²) in [5.41, 5.74) is 0.809. The lowest BCUT2D eigenvalue weighted by Crippen LogP contribution is -2.29. The van der Waals surface area contributed by atoms with Crippen LogP contribution < -0.4 is 4.90 Å². The lowest BCUT2D eigenvalue weighted by molar-refractivity contribution is -0.132. The predicted octanol–water partition coefficient (Wildman–Crippen LogP) is 4.88. The van der Waals surface area contributed by atoms with E-state index in [2.05, 4.69) is 0 Å². The Kier molecular flexibility index (Phi) is 4.83. The molecular weight excluding hydrogens is 418 g/mol. The Morgan fingerprint density at radius 3 is 2.24 bits per heavy atom. The second-order valence-corrected chi connectivity index (χ2v) is 7.81. The van der Waals surface area contributed by atoms with Crippen LogP contribution in [0.5, 0.6) is 11.5 Å². The van der Waals surface area contributed by atoms with E-state index in [0.29, 0.717) is 11.1 Å². The van der Waals surface area contributed by atoms with Gasteiger partial charge < -0.3 is 15.3 Å². The number of aliphatic hydroxyl groups is 1. The molecule has 33 heavy (non-hydrogen) atoms. The molecule has 0 spiro atoms. The molecule has 162 valence electrons. The Labute approximate surface area is 189 Å². The molecule has 0 aliphatic carbocycles. The van der Waals surface area contributed by atoms with E-state index in [1.165, 1.54) is 24.3 Å². The third kappa shape index (κ3) is 3.38. The highest BCUT2D eigenvalue weighted by molar-refractivity contribution is 6.52. The van der Waals surface area contributed by atoms with Gasteiger partial charge in [0.2, 0.25) is 0 Å². The van der Waals surface area contributed by atoms with E-state index in [-0.39, 0.29) is 28.5 Å². The normalized spacial score (nSPS) is 17.6. The van der Waals surface area contributed by atoms with Gasteiger partial charge in [0.15, 0.2) is 0 Å². The summed E-state index contributed by atoms with van der Waals surface area (Å²) in [7, 11) is 0. The number of benzene rings is 4. The van der Waals surface area contributed by atoms with Crippen molar-refractivity contribution in [3.8, 4) is 11.5 Å². The maximum atomic E-state index is 13.2. The fourth-order valence-corrected chi connectivity index (χ4v) is 4.25. The minimum Gasteiger partial charge on any atom is -0.508 e. The van der Waals surface area contributed by atoms with Crippen LogP contribution in [-0.2, 0) is 9.59 Å². The van der Waals surface area contributed by atoms with Crippen LogP contribution in [0.4, 0.5) is 5.69 Å². The molecule has 1 atom stereocenters. The first-order valence-electron chi connectivity index (χ1n) is 10.3. The number of rotatable bonds is 3. The minimum atomic E-state index is -1.04. The van der Waals surface area contributed by atoms with Crippen LogP contribution in [0.3, 0.4) is 0 Å². The van der Waals surface area contributed by atoms with Crippen LogP contribution in [0.1, 0.15) is 17.2 Å². The van der Waals surface area contributed by atoms with Gasteiger partial charge in [-0.15, -0.1) is 0 Å². The van der Waals surface area contributed by atoms with Gasteiger partial charge in [-0.05, 0) is 46.7 Å². The van der Waals surface area contributed by atoms with Gasteiger partial charge in [-0.1, -0.05) is 60.7 Å². The van der Waals surface area contributed by atoms with Crippen LogP contribution in [0, 0.1) is 0 Å². The van der Waals surface area contributed by atoms with Crippen LogP contribution in [-0.4, -0.2) is 27.0 Å². The molecule has 5 rings (SSSR count). The van der Waals surface area contributed by atoms with Crippen molar-refractivity contribution in [1.82, 2.24) is 0 Å². The molecule has 1 fully saturated rings. The molecule has 1 heterocycles. The van der Waals surface area contributed by atoms with Gasteiger partial charge in [0, 0.05) is 5.56 Å². The molecule has 6 nitrogen and oxygen atoms in total. The number of Topliss-reactive ketones (excluding diaryl/α,β-unsaturated/α-hetero) is 1. The second kappa shape index (κ2) is 7.84. The maximum Gasteiger partial charge on any atom is 0.300 e. The average molecular weight is 437 g/mol. The highest BCUT2D eigenvalue weighted by atomic mass is 16.3. The third-order valence-electron chi connectivity index (χ3n) is 5.79. The Bertz CT molecular complexity index is 1460. The topological polar surface area (TPSA) is 98.1 Å². The lowest BCUT2D eigenvalue weighted by atomic mass is 9.94. The van der Waals surface area contributed by atoms with Crippen molar-refractivity contribution in [1.29, 1.82) is 0 Å². The number of anilines is 1. The zero-order valence-corrected chi connectivity index (χ0v) is 17.3. The molecule has 4 aromatic carbocycles. The van der Waals surface area contributed by atoms with E-state index in [0.717, 1.165) is 15.7 Å². The number of aromatic hydroxyl groups is 2. The Hall–Kier alpha value is -4.58. The van der Waals surface area contributed by atoms with Crippen LogP contribution in [0.2, 0.25) is 0 Å². The Morgan fingerprint density at radius 2 is 1.48 bits per heavy atom. The van der Waals surface area contributed by atoms with Crippen molar-refractivity contribution in [2.45, 2.75) is 6.04 Å². The highest BCUT2D eigenvalue weighted by Gasteiger charge is 2.47. The van der Waals surface area contributed by atoms with Gasteiger partial charge >= 0.3 is 0 Å². The van der Waals surface area contributed by atoms with Gasteiger partial charge in [0.05, 0.1) is 17.3 Å². The molecule has 4 aromatic rings. The fourth-order valence-electron chi connectivity index (χ4n) is 4.25. The summed E-state index contributed by atoms with van der Waals surface area (Å²) >= 11 is 0. The second-order valence-electron chi connectivity index (χ2n) is 7.81. The van der Waals surface area contributed by atoms with Gasteiger partial charge in [-0.25, -0.2) is 0 Å². The predicted molar refractivity (Wildman–Crippen MR) is 125 cm³/mol. The molecule has 1 aliphatic rings. The maximum absolute atomic E-state index is 13.2. The molecule has 1 amide bonds. The number of phenols is 2. The first-order valence-corrected chi connectivity index (χ1v) is 10.3. The van der Waals surface area contributed by atoms with Crippen molar-refractivity contribution in [3.05, 3.63) is 108 Å². The first kappa shape index (κ1) is 20.3. The van der Waals surface area contributed by atoms with E-state index in [1.807, 2.05) is 30.3 Å². The number of para-hydroxylation sites is 2. The SMILES string of the molecule is O=C1C(=O)N(c2ccccc2O)C(c2cccc(O)c2)/C1=C(/O)c1ccc2ccccc2c1. The Morgan fingerprint density at radius 1 is 0.758 bits per heavy atom. The van der Waals surface area contributed by atoms with Gasteiger partial charge in [0.1, 0.15) is 17.3 Å². The summed E-state index contributed by atoms with van der Waals surface area (Å²) in [6, 6.07) is 24.1. The number of hydrogen-bond acceptors (Lipinski definition) is 5. The fraction of sp³-hybridized carbons (Fsp3) is 0.0370. The van der Waals surface area contributed by atoms with Crippen LogP contribution >= 0.6 is 0 Å². The number of phenolic OH excluding ortho intramolecular Hbond substituents is 2. The summed E-state index contributed by atoms with van der Waals surface area (Å²) in [4.78, 5) is 27.5. The number of ketones is 1. The lowest BCUT2D eigenvalue weighted by Gasteiger charge is -2.26. The quantitative estimate of drug-likeness (QED) is 0.241. The van der Waals surface area contributed by atoms with Crippen molar-refractivity contribution in [2.24, 2.45) is 0 Å². The largest absolute Gasteiger partial charge is 0.508 e. The molecule has 0 bridgehead atoms. The van der Waals surface area contributed by atoms with E-state index >= 15 is 0 Å². The molecule has 0 radical (unpaired) electrons. The smallest absolute Gasteiger partial charge is 0.300 e. The molecule has 1 unspecified atom stereocenters. The van der Waals surface area contributed by atoms with Crippen LogP contribution in [0.15, 0.2) is 96.6 Å². The van der Waals surface area contributed by atoms with E-state index in [4.69, 9.17) is 0 Å². The molecule has 1 aliphatic heterocycles. The third-order valence-corrected chi connectivity index (χ3v) is 5.79. The molecular formula is C27H19NO5.